The van der Waals surface area contributed by atoms with Gasteiger partial charge in [0.25, 0.3) is 0 Å². The molecule has 116 valence electrons. The SMILES string of the molecule is CCC(C)N(C)C(=O)N(CC(=O)O)C1CCS(=O)(=O)C1. The van der Waals surface area contributed by atoms with Gasteiger partial charge in [0.05, 0.1) is 11.5 Å². The number of aliphatic carboxylic acids is 1. The number of hydrogen-bond acceptors (Lipinski definition) is 4. The Morgan fingerprint density at radius 2 is 2.00 bits per heavy atom. The highest BCUT2D eigenvalue weighted by molar-refractivity contribution is 7.91. The third-order valence-electron chi connectivity index (χ3n) is 3.75. The Bertz CT molecular complexity index is 476. The van der Waals surface area contributed by atoms with Crippen molar-refractivity contribution in [1.82, 2.24) is 9.80 Å². The van der Waals surface area contributed by atoms with E-state index in [-0.39, 0.29) is 17.5 Å². The second-order valence-electron chi connectivity index (χ2n) is 5.23. The molecule has 8 heteroatoms. The molecule has 1 saturated heterocycles. The van der Waals surface area contributed by atoms with Gasteiger partial charge >= 0.3 is 12.0 Å². The van der Waals surface area contributed by atoms with Gasteiger partial charge in [-0.05, 0) is 19.8 Å². The summed E-state index contributed by atoms with van der Waals surface area (Å²) in [7, 11) is -1.56. The lowest BCUT2D eigenvalue weighted by Crippen LogP contribution is -2.51. The highest BCUT2D eigenvalue weighted by atomic mass is 32.2. The Labute approximate surface area is 119 Å². The van der Waals surface area contributed by atoms with Crippen molar-refractivity contribution in [2.75, 3.05) is 25.1 Å². The fourth-order valence-electron chi connectivity index (χ4n) is 2.18. The van der Waals surface area contributed by atoms with Crippen molar-refractivity contribution in [3.63, 3.8) is 0 Å². The molecule has 0 aromatic carbocycles. The number of nitrogens with zero attached hydrogens (tertiary/aromatic N) is 2. The Morgan fingerprint density at radius 1 is 1.40 bits per heavy atom. The van der Waals surface area contributed by atoms with E-state index in [0.717, 1.165) is 6.42 Å². The molecule has 20 heavy (non-hydrogen) atoms. The fraction of sp³-hybridized carbons (Fsp3) is 0.833. The van der Waals surface area contributed by atoms with Crippen LogP contribution in [0.3, 0.4) is 0 Å². The highest BCUT2D eigenvalue weighted by Crippen LogP contribution is 2.19. The van der Waals surface area contributed by atoms with Crippen LogP contribution in [-0.4, -0.2) is 72.5 Å². The zero-order valence-corrected chi connectivity index (χ0v) is 12.9. The topological polar surface area (TPSA) is 95.0 Å². The third kappa shape index (κ3) is 4.09. The Balaban J connectivity index is 2.89. The predicted octanol–water partition coefficient (Wildman–Crippen LogP) is 0.410. The molecule has 0 aromatic heterocycles. The average molecular weight is 306 g/mol. The van der Waals surface area contributed by atoms with Crippen LogP contribution >= 0.6 is 0 Å². The summed E-state index contributed by atoms with van der Waals surface area (Å²) in [6.07, 6.45) is 1.04. The van der Waals surface area contributed by atoms with E-state index in [1.54, 1.807) is 7.05 Å². The van der Waals surface area contributed by atoms with E-state index in [1.807, 2.05) is 13.8 Å². The first-order valence-corrected chi connectivity index (χ1v) is 8.45. The number of amides is 2. The maximum absolute atomic E-state index is 12.4. The Kier molecular flexibility index (Phi) is 5.38. The smallest absolute Gasteiger partial charge is 0.323 e. The van der Waals surface area contributed by atoms with E-state index >= 15 is 0 Å². The average Bonchev–Trinajstić information content (AvgIpc) is 2.73. The molecular formula is C12H22N2O5S. The largest absolute Gasteiger partial charge is 0.480 e. The molecule has 0 aliphatic carbocycles. The van der Waals surface area contributed by atoms with Gasteiger partial charge in [-0.1, -0.05) is 6.92 Å². The predicted molar refractivity (Wildman–Crippen MR) is 74.3 cm³/mol. The minimum Gasteiger partial charge on any atom is -0.480 e. The summed E-state index contributed by atoms with van der Waals surface area (Å²) >= 11 is 0. The summed E-state index contributed by atoms with van der Waals surface area (Å²) < 4.78 is 23.0. The lowest BCUT2D eigenvalue weighted by molar-refractivity contribution is -0.138. The highest BCUT2D eigenvalue weighted by Gasteiger charge is 2.37. The fourth-order valence-corrected chi connectivity index (χ4v) is 3.92. The van der Waals surface area contributed by atoms with Crippen LogP contribution in [0.25, 0.3) is 0 Å². The third-order valence-corrected chi connectivity index (χ3v) is 5.50. The number of rotatable bonds is 5. The zero-order valence-electron chi connectivity index (χ0n) is 12.1. The van der Waals surface area contributed by atoms with Crippen molar-refractivity contribution in [1.29, 1.82) is 0 Å². The van der Waals surface area contributed by atoms with Crippen molar-refractivity contribution in [2.45, 2.75) is 38.8 Å². The summed E-state index contributed by atoms with van der Waals surface area (Å²) in [5.41, 5.74) is 0. The van der Waals surface area contributed by atoms with E-state index in [9.17, 15) is 18.0 Å². The molecule has 1 fully saturated rings. The minimum absolute atomic E-state index is 0.00805. The summed E-state index contributed by atoms with van der Waals surface area (Å²) in [4.78, 5) is 25.9. The van der Waals surface area contributed by atoms with Gasteiger partial charge in [0.1, 0.15) is 6.54 Å². The molecule has 7 nitrogen and oxygen atoms in total. The van der Waals surface area contributed by atoms with Gasteiger partial charge in [0.2, 0.25) is 0 Å². The normalized spacial score (nSPS) is 22.2. The molecule has 1 rings (SSSR count). The number of hydrogen-bond donors (Lipinski definition) is 1. The Hall–Kier alpha value is -1.31. The van der Waals surface area contributed by atoms with Gasteiger partial charge in [-0.3, -0.25) is 4.79 Å². The summed E-state index contributed by atoms with van der Waals surface area (Å²) in [6.45, 7) is 3.32. The van der Waals surface area contributed by atoms with Crippen LogP contribution < -0.4 is 0 Å². The van der Waals surface area contributed by atoms with Crippen LogP contribution in [-0.2, 0) is 14.6 Å². The van der Waals surface area contributed by atoms with Gasteiger partial charge in [-0.15, -0.1) is 0 Å². The number of carboxylic acids is 1. The first-order valence-electron chi connectivity index (χ1n) is 6.63. The Morgan fingerprint density at radius 3 is 2.40 bits per heavy atom. The van der Waals surface area contributed by atoms with Crippen LogP contribution in [0.2, 0.25) is 0 Å². The number of carbonyl (C=O) groups excluding carboxylic acids is 1. The van der Waals surface area contributed by atoms with E-state index in [4.69, 9.17) is 5.11 Å². The molecule has 0 spiro atoms. The van der Waals surface area contributed by atoms with Crippen molar-refractivity contribution in [3.8, 4) is 0 Å². The maximum atomic E-state index is 12.4. The first kappa shape index (κ1) is 16.7. The molecule has 2 amide bonds. The van der Waals surface area contributed by atoms with Gasteiger partial charge in [-0.2, -0.15) is 0 Å². The molecule has 2 unspecified atom stereocenters. The van der Waals surface area contributed by atoms with Crippen LogP contribution in [0, 0.1) is 0 Å². The molecule has 1 N–H and O–H groups in total. The standard InChI is InChI=1S/C12H22N2O5S/c1-4-9(2)13(3)12(17)14(7-11(15)16)10-5-6-20(18,19)8-10/h9-10H,4-8H2,1-3H3,(H,15,16). The summed E-state index contributed by atoms with van der Waals surface area (Å²) in [6, 6.07) is -1.00. The van der Waals surface area contributed by atoms with E-state index < -0.39 is 34.4 Å². The van der Waals surface area contributed by atoms with Gasteiger partial charge < -0.3 is 14.9 Å². The zero-order chi connectivity index (χ0) is 15.5. The second kappa shape index (κ2) is 6.43. The van der Waals surface area contributed by atoms with E-state index in [0.29, 0.717) is 6.42 Å². The van der Waals surface area contributed by atoms with Gasteiger partial charge in [0, 0.05) is 19.1 Å². The number of carbonyl (C=O) groups is 2. The van der Waals surface area contributed by atoms with Crippen LogP contribution in [0.1, 0.15) is 26.7 Å². The lowest BCUT2D eigenvalue weighted by atomic mass is 10.2. The van der Waals surface area contributed by atoms with Crippen LogP contribution in [0.4, 0.5) is 4.79 Å². The summed E-state index contributed by atoms with van der Waals surface area (Å²) in [5.74, 6) is -1.28. The molecule has 1 aliphatic rings. The molecule has 1 aliphatic heterocycles. The molecule has 1 heterocycles. The van der Waals surface area contributed by atoms with Crippen molar-refractivity contribution >= 4 is 21.8 Å². The molecule has 0 saturated carbocycles. The molecule has 0 aromatic rings. The minimum atomic E-state index is -3.17. The lowest BCUT2D eigenvalue weighted by Gasteiger charge is -2.33. The van der Waals surface area contributed by atoms with Crippen LogP contribution in [0.5, 0.6) is 0 Å². The van der Waals surface area contributed by atoms with Crippen LogP contribution in [0.15, 0.2) is 0 Å². The molecular weight excluding hydrogens is 284 g/mol. The van der Waals surface area contributed by atoms with Crippen molar-refractivity contribution in [3.05, 3.63) is 0 Å². The second-order valence-corrected chi connectivity index (χ2v) is 7.46. The first-order chi connectivity index (χ1) is 9.18. The summed E-state index contributed by atoms with van der Waals surface area (Å²) in [5, 5.41) is 8.94. The van der Waals surface area contributed by atoms with Gasteiger partial charge in [-0.25, -0.2) is 13.2 Å². The van der Waals surface area contributed by atoms with E-state index in [1.165, 1.54) is 9.80 Å². The van der Waals surface area contributed by atoms with E-state index in [2.05, 4.69) is 0 Å². The number of carboxylic acid groups (broad SMARTS) is 1. The molecule has 0 radical (unpaired) electrons. The van der Waals surface area contributed by atoms with Crippen molar-refractivity contribution < 1.29 is 23.1 Å². The maximum Gasteiger partial charge on any atom is 0.323 e. The van der Waals surface area contributed by atoms with Crippen molar-refractivity contribution in [2.24, 2.45) is 0 Å². The monoisotopic (exact) mass is 306 g/mol. The molecule has 0 bridgehead atoms. The molecule has 2 atom stereocenters. The number of urea groups is 1. The number of sulfone groups is 1. The quantitative estimate of drug-likeness (QED) is 0.794. The van der Waals surface area contributed by atoms with Gasteiger partial charge in [0.15, 0.2) is 9.84 Å².